The van der Waals surface area contributed by atoms with Crippen molar-refractivity contribution < 1.29 is 13.9 Å². The summed E-state index contributed by atoms with van der Waals surface area (Å²) >= 11 is 0. The fourth-order valence-corrected chi connectivity index (χ4v) is 2.08. The fraction of sp³-hybridized carbons (Fsp3) is 0.500. The van der Waals surface area contributed by atoms with Gasteiger partial charge in [-0.05, 0) is 45.0 Å². The van der Waals surface area contributed by atoms with Crippen molar-refractivity contribution in [3.05, 3.63) is 29.6 Å². The zero-order valence-corrected chi connectivity index (χ0v) is 11.0. The Hall–Kier alpha value is -1.46. The van der Waals surface area contributed by atoms with Crippen LogP contribution in [0.25, 0.3) is 0 Å². The Morgan fingerprint density at radius 3 is 2.95 bits per heavy atom. The molecule has 0 spiro atoms. The van der Waals surface area contributed by atoms with Crippen molar-refractivity contribution in [3.63, 3.8) is 0 Å². The minimum Gasteiger partial charge on any atom is -0.368 e. The SMILES string of the molecule is Cc1c(F)cccc1NC(=O)COC1CCNCC1. The summed E-state index contributed by atoms with van der Waals surface area (Å²) in [7, 11) is 0. The van der Waals surface area contributed by atoms with Gasteiger partial charge in [0.25, 0.3) is 0 Å². The van der Waals surface area contributed by atoms with Crippen LogP contribution in [0.5, 0.6) is 0 Å². The molecule has 1 aromatic rings. The predicted octanol–water partition coefficient (Wildman–Crippen LogP) is 1.84. The number of halogens is 1. The van der Waals surface area contributed by atoms with Gasteiger partial charge in [0.1, 0.15) is 12.4 Å². The summed E-state index contributed by atoms with van der Waals surface area (Å²) in [5.41, 5.74) is 0.941. The average molecular weight is 266 g/mol. The summed E-state index contributed by atoms with van der Waals surface area (Å²) in [6, 6.07) is 4.63. The van der Waals surface area contributed by atoms with E-state index in [1.807, 2.05) is 0 Å². The summed E-state index contributed by atoms with van der Waals surface area (Å²) in [4.78, 5) is 11.7. The van der Waals surface area contributed by atoms with Crippen molar-refractivity contribution in [1.82, 2.24) is 5.32 Å². The zero-order chi connectivity index (χ0) is 13.7. The van der Waals surface area contributed by atoms with Crippen molar-refractivity contribution in [1.29, 1.82) is 0 Å². The molecule has 0 unspecified atom stereocenters. The van der Waals surface area contributed by atoms with Crippen LogP contribution in [0.4, 0.5) is 10.1 Å². The highest BCUT2D eigenvalue weighted by Gasteiger charge is 2.15. The standard InChI is InChI=1S/C14H19FN2O2/c1-10-12(15)3-2-4-13(10)17-14(18)9-19-11-5-7-16-8-6-11/h2-4,11,16H,5-9H2,1H3,(H,17,18). The molecule has 1 aliphatic heterocycles. The molecule has 1 heterocycles. The van der Waals surface area contributed by atoms with Gasteiger partial charge in [0.05, 0.1) is 6.10 Å². The van der Waals surface area contributed by atoms with Crippen LogP contribution in [-0.2, 0) is 9.53 Å². The molecule has 0 atom stereocenters. The molecular formula is C14H19FN2O2. The second-order valence-corrected chi connectivity index (χ2v) is 4.72. The van der Waals surface area contributed by atoms with Crippen LogP contribution in [-0.4, -0.2) is 31.7 Å². The Morgan fingerprint density at radius 2 is 2.21 bits per heavy atom. The fourth-order valence-electron chi connectivity index (χ4n) is 2.08. The Bertz CT molecular complexity index is 445. The number of hydrogen-bond donors (Lipinski definition) is 2. The Labute approximate surface area is 112 Å². The molecule has 1 amide bonds. The lowest BCUT2D eigenvalue weighted by atomic mass is 10.1. The van der Waals surface area contributed by atoms with Crippen molar-refractivity contribution in [2.45, 2.75) is 25.9 Å². The summed E-state index contributed by atoms with van der Waals surface area (Å²) in [5, 5.41) is 5.90. The molecule has 4 nitrogen and oxygen atoms in total. The summed E-state index contributed by atoms with van der Waals surface area (Å²) in [6.07, 6.45) is 1.99. The maximum atomic E-state index is 13.3. The van der Waals surface area contributed by atoms with Crippen LogP contribution in [0.15, 0.2) is 18.2 Å². The lowest BCUT2D eigenvalue weighted by Crippen LogP contribution is -2.34. The molecule has 1 aliphatic rings. The monoisotopic (exact) mass is 266 g/mol. The first-order chi connectivity index (χ1) is 9.16. The third kappa shape index (κ3) is 4.01. The third-order valence-corrected chi connectivity index (χ3v) is 3.28. The molecule has 2 N–H and O–H groups in total. The van der Waals surface area contributed by atoms with Gasteiger partial charge in [0.15, 0.2) is 0 Å². The molecule has 19 heavy (non-hydrogen) atoms. The van der Waals surface area contributed by atoms with Crippen LogP contribution in [0.1, 0.15) is 18.4 Å². The van der Waals surface area contributed by atoms with Gasteiger partial charge < -0.3 is 15.4 Å². The molecule has 1 aromatic carbocycles. The largest absolute Gasteiger partial charge is 0.368 e. The number of ether oxygens (including phenoxy) is 1. The highest BCUT2D eigenvalue weighted by atomic mass is 19.1. The van der Waals surface area contributed by atoms with Crippen molar-refractivity contribution in [3.8, 4) is 0 Å². The Balaban J connectivity index is 1.82. The summed E-state index contributed by atoms with van der Waals surface area (Å²) < 4.78 is 18.9. The second kappa shape index (κ2) is 6.63. The molecule has 0 aromatic heterocycles. The highest BCUT2D eigenvalue weighted by Crippen LogP contribution is 2.17. The first-order valence-electron chi connectivity index (χ1n) is 6.54. The first kappa shape index (κ1) is 14.0. The zero-order valence-electron chi connectivity index (χ0n) is 11.0. The summed E-state index contributed by atoms with van der Waals surface area (Å²) in [6.45, 7) is 3.50. The van der Waals surface area contributed by atoms with Crippen LogP contribution < -0.4 is 10.6 Å². The van der Waals surface area contributed by atoms with Crippen molar-refractivity contribution in [2.24, 2.45) is 0 Å². The minimum absolute atomic E-state index is 0.0145. The van der Waals surface area contributed by atoms with E-state index in [9.17, 15) is 9.18 Å². The molecular weight excluding hydrogens is 247 g/mol. The molecule has 0 saturated carbocycles. The first-order valence-corrected chi connectivity index (χ1v) is 6.54. The second-order valence-electron chi connectivity index (χ2n) is 4.72. The van der Waals surface area contributed by atoms with Gasteiger partial charge in [-0.2, -0.15) is 0 Å². The van der Waals surface area contributed by atoms with Crippen LogP contribution in [0.2, 0.25) is 0 Å². The number of anilines is 1. The minimum atomic E-state index is -0.322. The van der Waals surface area contributed by atoms with E-state index >= 15 is 0 Å². The van der Waals surface area contributed by atoms with Gasteiger partial charge >= 0.3 is 0 Å². The number of carbonyl (C=O) groups is 1. The quantitative estimate of drug-likeness (QED) is 0.874. The van der Waals surface area contributed by atoms with E-state index in [-0.39, 0.29) is 24.4 Å². The molecule has 1 fully saturated rings. The molecule has 2 rings (SSSR count). The summed E-state index contributed by atoms with van der Waals surface area (Å²) in [5.74, 6) is -0.565. The Morgan fingerprint density at radius 1 is 1.47 bits per heavy atom. The van der Waals surface area contributed by atoms with Crippen LogP contribution in [0, 0.1) is 12.7 Å². The predicted molar refractivity (Wildman–Crippen MR) is 71.6 cm³/mol. The maximum Gasteiger partial charge on any atom is 0.250 e. The smallest absolute Gasteiger partial charge is 0.250 e. The maximum absolute atomic E-state index is 13.3. The number of rotatable bonds is 4. The molecule has 0 radical (unpaired) electrons. The molecule has 5 heteroatoms. The highest BCUT2D eigenvalue weighted by molar-refractivity contribution is 5.92. The number of carbonyl (C=O) groups excluding carboxylic acids is 1. The van der Waals surface area contributed by atoms with E-state index in [4.69, 9.17) is 4.74 Å². The number of nitrogens with one attached hydrogen (secondary N) is 2. The lowest BCUT2D eigenvalue weighted by molar-refractivity contribution is -0.123. The van der Waals surface area contributed by atoms with Gasteiger partial charge in [-0.1, -0.05) is 6.07 Å². The topological polar surface area (TPSA) is 50.4 Å². The van der Waals surface area contributed by atoms with E-state index in [2.05, 4.69) is 10.6 Å². The van der Waals surface area contributed by atoms with E-state index in [0.29, 0.717) is 11.3 Å². The van der Waals surface area contributed by atoms with Gasteiger partial charge in [-0.15, -0.1) is 0 Å². The number of hydrogen-bond acceptors (Lipinski definition) is 3. The number of benzene rings is 1. The van der Waals surface area contributed by atoms with E-state index in [1.54, 1.807) is 19.1 Å². The van der Waals surface area contributed by atoms with Gasteiger partial charge in [-0.25, -0.2) is 4.39 Å². The van der Waals surface area contributed by atoms with Crippen molar-refractivity contribution in [2.75, 3.05) is 25.0 Å². The third-order valence-electron chi connectivity index (χ3n) is 3.28. The van der Waals surface area contributed by atoms with Gasteiger partial charge in [0, 0.05) is 11.3 Å². The van der Waals surface area contributed by atoms with Crippen LogP contribution >= 0.6 is 0 Å². The molecule has 0 bridgehead atoms. The van der Waals surface area contributed by atoms with E-state index in [1.165, 1.54) is 6.07 Å². The average Bonchev–Trinajstić information content (AvgIpc) is 2.43. The van der Waals surface area contributed by atoms with Crippen molar-refractivity contribution >= 4 is 11.6 Å². The Kier molecular flexibility index (Phi) is 4.87. The van der Waals surface area contributed by atoms with E-state index in [0.717, 1.165) is 25.9 Å². The van der Waals surface area contributed by atoms with E-state index < -0.39 is 0 Å². The number of amides is 1. The normalized spacial score (nSPS) is 16.3. The molecule has 104 valence electrons. The van der Waals surface area contributed by atoms with Gasteiger partial charge in [0.2, 0.25) is 5.91 Å². The van der Waals surface area contributed by atoms with Gasteiger partial charge in [-0.3, -0.25) is 4.79 Å². The lowest BCUT2D eigenvalue weighted by Gasteiger charge is -2.22. The molecule has 0 aliphatic carbocycles. The van der Waals surface area contributed by atoms with Crippen LogP contribution in [0.3, 0.4) is 0 Å². The molecule has 1 saturated heterocycles. The number of piperidine rings is 1.